The molecule has 2 N–H and O–H groups in total. The van der Waals surface area contributed by atoms with E-state index >= 15 is 0 Å². The molecule has 1 unspecified atom stereocenters. The molecule has 1 atom stereocenters. The molecular weight excluding hydrogens is 318 g/mol. The zero-order valence-corrected chi connectivity index (χ0v) is 13.9. The van der Waals surface area contributed by atoms with Crippen LogP contribution in [0.2, 0.25) is 0 Å². The zero-order valence-electron chi connectivity index (χ0n) is 12.3. The van der Waals surface area contributed by atoms with Crippen molar-refractivity contribution in [3.8, 4) is 11.5 Å². The number of methoxy groups -OCH3 is 2. The van der Waals surface area contributed by atoms with Gasteiger partial charge in [-0.3, -0.25) is 0 Å². The first kappa shape index (κ1) is 15.6. The van der Waals surface area contributed by atoms with Crippen molar-refractivity contribution in [1.29, 1.82) is 0 Å². The fourth-order valence-corrected chi connectivity index (χ4v) is 3.64. The van der Waals surface area contributed by atoms with Gasteiger partial charge in [0.1, 0.15) is 0 Å². The van der Waals surface area contributed by atoms with Crippen LogP contribution in [0.4, 0.5) is 0 Å². The van der Waals surface area contributed by atoms with E-state index in [1.54, 1.807) is 14.2 Å². The van der Waals surface area contributed by atoms with Gasteiger partial charge in [-0.2, -0.15) is 0 Å². The van der Waals surface area contributed by atoms with E-state index in [0.29, 0.717) is 0 Å². The Bertz CT molecular complexity index is 444. The summed E-state index contributed by atoms with van der Waals surface area (Å²) in [4.78, 5) is 0. The second-order valence-electron chi connectivity index (χ2n) is 5.56. The molecule has 0 aliphatic heterocycles. The van der Waals surface area contributed by atoms with Crippen molar-refractivity contribution in [3.63, 3.8) is 0 Å². The van der Waals surface area contributed by atoms with Gasteiger partial charge in [0.25, 0.3) is 0 Å². The molecule has 4 heteroatoms. The van der Waals surface area contributed by atoms with Crippen LogP contribution in [-0.2, 0) is 0 Å². The summed E-state index contributed by atoms with van der Waals surface area (Å²) < 4.78 is 11.7. The Hall–Kier alpha value is -0.740. The Balaban J connectivity index is 2.06. The number of benzene rings is 1. The molecule has 0 spiro atoms. The van der Waals surface area contributed by atoms with E-state index in [-0.39, 0.29) is 6.04 Å². The molecule has 0 aromatic heterocycles. The SMILES string of the molecule is COc1cc(Br)c(C(N)CCC2CCCC2)cc1OC. The van der Waals surface area contributed by atoms with Gasteiger partial charge in [0.2, 0.25) is 0 Å². The van der Waals surface area contributed by atoms with Crippen molar-refractivity contribution in [2.45, 2.75) is 44.6 Å². The topological polar surface area (TPSA) is 44.5 Å². The molecule has 3 nitrogen and oxygen atoms in total. The van der Waals surface area contributed by atoms with E-state index in [2.05, 4.69) is 15.9 Å². The van der Waals surface area contributed by atoms with Crippen molar-refractivity contribution in [3.05, 3.63) is 22.2 Å². The quantitative estimate of drug-likeness (QED) is 0.831. The average Bonchev–Trinajstić information content (AvgIpc) is 2.97. The van der Waals surface area contributed by atoms with Crippen LogP contribution in [-0.4, -0.2) is 14.2 Å². The monoisotopic (exact) mass is 341 g/mol. The molecule has 0 saturated heterocycles. The second-order valence-corrected chi connectivity index (χ2v) is 6.42. The van der Waals surface area contributed by atoms with E-state index in [0.717, 1.165) is 33.9 Å². The Labute approximate surface area is 130 Å². The summed E-state index contributed by atoms with van der Waals surface area (Å²) in [5.74, 6) is 2.34. The molecule has 20 heavy (non-hydrogen) atoms. The molecule has 1 aromatic rings. The third kappa shape index (κ3) is 3.67. The fraction of sp³-hybridized carbons (Fsp3) is 0.625. The Kier molecular flexibility index (Phi) is 5.73. The maximum absolute atomic E-state index is 6.36. The van der Waals surface area contributed by atoms with Crippen LogP contribution in [0, 0.1) is 5.92 Å². The molecule has 1 aliphatic carbocycles. The number of rotatable bonds is 6. The first-order chi connectivity index (χ1) is 9.65. The van der Waals surface area contributed by atoms with Crippen molar-refractivity contribution < 1.29 is 9.47 Å². The molecule has 0 radical (unpaired) electrons. The molecule has 0 amide bonds. The molecule has 1 aromatic carbocycles. The van der Waals surface area contributed by atoms with Gasteiger partial charge in [0.15, 0.2) is 11.5 Å². The van der Waals surface area contributed by atoms with Gasteiger partial charge in [-0.05, 0) is 36.5 Å². The van der Waals surface area contributed by atoms with E-state index in [1.165, 1.54) is 32.1 Å². The van der Waals surface area contributed by atoms with Crippen LogP contribution in [0.3, 0.4) is 0 Å². The van der Waals surface area contributed by atoms with Gasteiger partial charge in [-0.25, -0.2) is 0 Å². The highest BCUT2D eigenvalue weighted by molar-refractivity contribution is 9.10. The maximum atomic E-state index is 6.36. The standard InChI is InChI=1S/C16H24BrNO2/c1-19-15-9-12(13(17)10-16(15)20-2)14(18)8-7-11-5-3-4-6-11/h9-11,14H,3-8,18H2,1-2H3. The molecule has 2 rings (SSSR count). The van der Waals surface area contributed by atoms with Crippen molar-refractivity contribution in [2.75, 3.05) is 14.2 Å². The molecular formula is C16H24BrNO2. The van der Waals surface area contributed by atoms with Gasteiger partial charge in [-0.1, -0.05) is 41.6 Å². The minimum atomic E-state index is 0.0461. The predicted molar refractivity (Wildman–Crippen MR) is 85.4 cm³/mol. The predicted octanol–water partition coefficient (Wildman–Crippen LogP) is 4.44. The highest BCUT2D eigenvalue weighted by atomic mass is 79.9. The van der Waals surface area contributed by atoms with Crippen LogP contribution in [0.15, 0.2) is 16.6 Å². The number of nitrogens with two attached hydrogens (primary N) is 1. The van der Waals surface area contributed by atoms with Gasteiger partial charge < -0.3 is 15.2 Å². The fourth-order valence-electron chi connectivity index (χ4n) is 3.02. The normalized spacial score (nSPS) is 17.2. The summed E-state index contributed by atoms with van der Waals surface area (Å²) in [6.07, 6.45) is 7.78. The summed E-state index contributed by atoms with van der Waals surface area (Å²) in [5.41, 5.74) is 7.46. The summed E-state index contributed by atoms with van der Waals surface area (Å²) in [6, 6.07) is 3.97. The largest absolute Gasteiger partial charge is 0.493 e. The Morgan fingerprint density at radius 2 is 1.80 bits per heavy atom. The summed E-state index contributed by atoms with van der Waals surface area (Å²) in [5, 5.41) is 0. The summed E-state index contributed by atoms with van der Waals surface area (Å²) >= 11 is 3.59. The van der Waals surface area contributed by atoms with Crippen LogP contribution in [0.25, 0.3) is 0 Å². The van der Waals surface area contributed by atoms with Gasteiger partial charge in [0, 0.05) is 10.5 Å². The lowest BCUT2D eigenvalue weighted by molar-refractivity contribution is 0.353. The van der Waals surface area contributed by atoms with Crippen LogP contribution >= 0.6 is 15.9 Å². The van der Waals surface area contributed by atoms with E-state index < -0.39 is 0 Å². The van der Waals surface area contributed by atoms with Gasteiger partial charge in [0.05, 0.1) is 14.2 Å². The molecule has 1 aliphatic rings. The molecule has 112 valence electrons. The maximum Gasteiger partial charge on any atom is 0.161 e. The lowest BCUT2D eigenvalue weighted by atomic mass is 9.95. The first-order valence-corrected chi connectivity index (χ1v) is 8.12. The number of halogens is 1. The van der Waals surface area contributed by atoms with Crippen LogP contribution < -0.4 is 15.2 Å². The minimum absolute atomic E-state index is 0.0461. The zero-order chi connectivity index (χ0) is 14.5. The summed E-state index contributed by atoms with van der Waals surface area (Å²) in [7, 11) is 3.30. The molecule has 1 fully saturated rings. The third-order valence-electron chi connectivity index (χ3n) is 4.26. The Morgan fingerprint density at radius 1 is 1.20 bits per heavy atom. The highest BCUT2D eigenvalue weighted by Crippen LogP contribution is 2.37. The number of hydrogen-bond donors (Lipinski definition) is 1. The first-order valence-electron chi connectivity index (χ1n) is 7.32. The van der Waals surface area contributed by atoms with E-state index in [4.69, 9.17) is 15.2 Å². The Morgan fingerprint density at radius 3 is 2.40 bits per heavy atom. The lowest BCUT2D eigenvalue weighted by Crippen LogP contribution is -2.13. The third-order valence-corrected chi connectivity index (χ3v) is 4.95. The highest BCUT2D eigenvalue weighted by Gasteiger charge is 2.19. The van der Waals surface area contributed by atoms with Gasteiger partial charge >= 0.3 is 0 Å². The van der Waals surface area contributed by atoms with Crippen molar-refractivity contribution >= 4 is 15.9 Å². The van der Waals surface area contributed by atoms with E-state index in [9.17, 15) is 0 Å². The average molecular weight is 342 g/mol. The van der Waals surface area contributed by atoms with E-state index in [1.807, 2.05) is 12.1 Å². The van der Waals surface area contributed by atoms with Crippen LogP contribution in [0.5, 0.6) is 11.5 Å². The molecule has 1 saturated carbocycles. The number of ether oxygens (including phenoxy) is 2. The molecule has 0 heterocycles. The minimum Gasteiger partial charge on any atom is -0.493 e. The lowest BCUT2D eigenvalue weighted by Gasteiger charge is -2.18. The van der Waals surface area contributed by atoms with Crippen molar-refractivity contribution in [2.24, 2.45) is 11.7 Å². The molecule has 0 bridgehead atoms. The second kappa shape index (κ2) is 7.32. The van der Waals surface area contributed by atoms with Crippen molar-refractivity contribution in [1.82, 2.24) is 0 Å². The van der Waals surface area contributed by atoms with Gasteiger partial charge in [-0.15, -0.1) is 0 Å². The summed E-state index contributed by atoms with van der Waals surface area (Å²) in [6.45, 7) is 0. The number of hydrogen-bond acceptors (Lipinski definition) is 3. The van der Waals surface area contributed by atoms with Crippen LogP contribution in [0.1, 0.15) is 50.1 Å². The smallest absolute Gasteiger partial charge is 0.161 e.